The third-order valence-electron chi connectivity index (χ3n) is 2.04. The van der Waals surface area contributed by atoms with Crippen LogP contribution in [0.5, 0.6) is 0 Å². The Morgan fingerprint density at radius 3 is 2.12 bits per heavy atom. The van der Waals surface area contributed by atoms with E-state index in [2.05, 4.69) is 0 Å². The molecule has 0 spiro atoms. The molecule has 0 radical (unpaired) electrons. The summed E-state index contributed by atoms with van der Waals surface area (Å²) in [5.74, 6) is -0.353. The highest BCUT2D eigenvalue weighted by Crippen LogP contribution is 2.25. The molecule has 0 bridgehead atoms. The van der Waals surface area contributed by atoms with Gasteiger partial charge in [0.05, 0.1) is 5.75 Å². The first-order valence-electron chi connectivity index (χ1n) is 5.20. The van der Waals surface area contributed by atoms with Crippen LogP contribution in [0.3, 0.4) is 0 Å². The zero-order valence-corrected chi connectivity index (χ0v) is 11.0. The van der Waals surface area contributed by atoms with Crippen LogP contribution in [-0.4, -0.2) is 23.5 Å². The lowest BCUT2D eigenvalue weighted by atomic mass is 9.86. The van der Waals surface area contributed by atoms with Gasteiger partial charge in [-0.15, -0.1) is 0 Å². The van der Waals surface area contributed by atoms with Gasteiger partial charge in [-0.05, 0) is 11.7 Å². The molecule has 5 heteroatoms. The standard InChI is InChI=1S/C11H19F3OS/c1-8(5-9(15)10(2,3)4)6-16-7-11(12,13)14/h8H,5-7H2,1-4H3/t8-/m0/s1. The number of halogens is 3. The quantitative estimate of drug-likeness (QED) is 0.741. The van der Waals surface area contributed by atoms with E-state index in [1.54, 1.807) is 0 Å². The van der Waals surface area contributed by atoms with Crippen LogP contribution in [0.15, 0.2) is 0 Å². The molecule has 0 aromatic heterocycles. The van der Waals surface area contributed by atoms with Crippen LogP contribution in [0.4, 0.5) is 13.2 Å². The molecule has 0 saturated carbocycles. The molecule has 0 amide bonds. The molecule has 0 heterocycles. The van der Waals surface area contributed by atoms with E-state index in [1.807, 2.05) is 27.7 Å². The van der Waals surface area contributed by atoms with Gasteiger partial charge in [-0.1, -0.05) is 27.7 Å². The van der Waals surface area contributed by atoms with Crippen molar-refractivity contribution in [3.63, 3.8) is 0 Å². The second-order valence-electron chi connectivity index (χ2n) is 5.11. The van der Waals surface area contributed by atoms with Gasteiger partial charge in [-0.2, -0.15) is 24.9 Å². The summed E-state index contributed by atoms with van der Waals surface area (Å²) in [5.41, 5.74) is -0.400. The molecule has 0 saturated heterocycles. The van der Waals surface area contributed by atoms with Gasteiger partial charge in [0, 0.05) is 11.8 Å². The number of carbonyl (C=O) groups excluding carboxylic acids is 1. The third-order valence-corrected chi connectivity index (χ3v) is 3.37. The van der Waals surface area contributed by atoms with Gasteiger partial charge in [-0.3, -0.25) is 4.79 Å². The van der Waals surface area contributed by atoms with Gasteiger partial charge in [-0.25, -0.2) is 0 Å². The van der Waals surface area contributed by atoms with Gasteiger partial charge in [0.1, 0.15) is 5.78 Å². The van der Waals surface area contributed by atoms with Crippen molar-refractivity contribution in [1.82, 2.24) is 0 Å². The predicted octanol–water partition coefficient (Wildman–Crippen LogP) is 3.92. The first-order chi connectivity index (χ1) is 7.02. The number of hydrogen-bond donors (Lipinski definition) is 0. The number of ketones is 1. The Balaban J connectivity index is 3.84. The molecule has 16 heavy (non-hydrogen) atoms. The molecule has 96 valence electrons. The molecule has 1 atom stereocenters. The molecular formula is C11H19F3OS. The normalized spacial score (nSPS) is 14.9. The first-order valence-corrected chi connectivity index (χ1v) is 6.35. The summed E-state index contributed by atoms with van der Waals surface area (Å²) in [4.78, 5) is 11.6. The highest BCUT2D eigenvalue weighted by atomic mass is 32.2. The highest BCUT2D eigenvalue weighted by molar-refractivity contribution is 7.99. The monoisotopic (exact) mass is 256 g/mol. The third kappa shape index (κ3) is 8.02. The van der Waals surface area contributed by atoms with E-state index in [9.17, 15) is 18.0 Å². The zero-order valence-electron chi connectivity index (χ0n) is 10.1. The summed E-state index contributed by atoms with van der Waals surface area (Å²) in [6.45, 7) is 7.29. The summed E-state index contributed by atoms with van der Waals surface area (Å²) in [6.07, 6.45) is -3.76. The minimum atomic E-state index is -4.11. The lowest BCUT2D eigenvalue weighted by Crippen LogP contribution is -2.23. The van der Waals surface area contributed by atoms with Crippen LogP contribution in [0, 0.1) is 11.3 Å². The SMILES string of the molecule is C[C@H](CSCC(F)(F)F)CC(=O)C(C)(C)C. The van der Waals surface area contributed by atoms with E-state index in [-0.39, 0.29) is 11.7 Å². The number of hydrogen-bond acceptors (Lipinski definition) is 2. The second kappa shape index (κ2) is 5.94. The van der Waals surface area contributed by atoms with Crippen molar-refractivity contribution in [1.29, 1.82) is 0 Å². The number of thioether (sulfide) groups is 1. The predicted molar refractivity (Wildman–Crippen MR) is 61.6 cm³/mol. The minimum Gasteiger partial charge on any atom is -0.299 e. The average molecular weight is 256 g/mol. The van der Waals surface area contributed by atoms with Crippen molar-refractivity contribution in [3.05, 3.63) is 0 Å². The fourth-order valence-electron chi connectivity index (χ4n) is 1.06. The molecule has 0 unspecified atom stereocenters. The van der Waals surface area contributed by atoms with Gasteiger partial charge < -0.3 is 0 Å². The van der Waals surface area contributed by atoms with Gasteiger partial charge >= 0.3 is 6.18 Å². The van der Waals surface area contributed by atoms with Crippen molar-refractivity contribution in [2.24, 2.45) is 11.3 Å². The van der Waals surface area contributed by atoms with Crippen molar-refractivity contribution < 1.29 is 18.0 Å². The maximum absolute atomic E-state index is 11.9. The van der Waals surface area contributed by atoms with Crippen LogP contribution >= 0.6 is 11.8 Å². The summed E-state index contributed by atoms with van der Waals surface area (Å²) in [7, 11) is 0. The first kappa shape index (κ1) is 15.8. The van der Waals surface area contributed by atoms with Gasteiger partial charge in [0.15, 0.2) is 0 Å². The van der Waals surface area contributed by atoms with Crippen molar-refractivity contribution in [3.8, 4) is 0 Å². The van der Waals surface area contributed by atoms with E-state index in [0.29, 0.717) is 12.2 Å². The molecule has 0 aliphatic rings. The average Bonchev–Trinajstić information content (AvgIpc) is 1.99. The molecule has 0 aromatic rings. The van der Waals surface area contributed by atoms with Crippen molar-refractivity contribution in [2.45, 2.75) is 40.3 Å². The molecule has 0 fully saturated rings. The Hall–Kier alpha value is -0.190. The molecule has 0 aliphatic heterocycles. The van der Waals surface area contributed by atoms with E-state index >= 15 is 0 Å². The Morgan fingerprint density at radius 1 is 1.25 bits per heavy atom. The lowest BCUT2D eigenvalue weighted by Gasteiger charge is -2.19. The Kier molecular flexibility index (Phi) is 5.87. The Labute approximate surface area is 99.2 Å². The van der Waals surface area contributed by atoms with Crippen LogP contribution in [0.1, 0.15) is 34.1 Å². The van der Waals surface area contributed by atoms with E-state index < -0.39 is 17.3 Å². The molecule has 1 nitrogen and oxygen atoms in total. The number of carbonyl (C=O) groups is 1. The fourth-order valence-corrected chi connectivity index (χ4v) is 1.93. The van der Waals surface area contributed by atoms with Crippen LogP contribution in [-0.2, 0) is 4.79 Å². The second-order valence-corrected chi connectivity index (χ2v) is 6.14. The number of alkyl halides is 3. The van der Waals surface area contributed by atoms with Crippen LogP contribution < -0.4 is 0 Å². The molecule has 0 rings (SSSR count). The lowest BCUT2D eigenvalue weighted by molar-refractivity contribution is -0.126. The fraction of sp³-hybridized carbons (Fsp3) is 0.909. The Bertz CT molecular complexity index is 230. The van der Waals surface area contributed by atoms with E-state index in [1.165, 1.54) is 0 Å². The minimum absolute atomic E-state index is 0.000856. The van der Waals surface area contributed by atoms with Gasteiger partial charge in [0.25, 0.3) is 0 Å². The molecule has 0 N–H and O–H groups in total. The highest BCUT2D eigenvalue weighted by Gasteiger charge is 2.28. The summed E-state index contributed by atoms with van der Waals surface area (Å²) >= 11 is 0.844. The summed E-state index contributed by atoms with van der Waals surface area (Å²) < 4.78 is 35.6. The van der Waals surface area contributed by atoms with Crippen LogP contribution in [0.2, 0.25) is 0 Å². The largest absolute Gasteiger partial charge is 0.397 e. The number of Topliss-reactive ketones (excluding diaryl/α,β-unsaturated/α-hetero) is 1. The van der Waals surface area contributed by atoms with E-state index in [4.69, 9.17) is 0 Å². The van der Waals surface area contributed by atoms with Gasteiger partial charge in [0.2, 0.25) is 0 Å². The van der Waals surface area contributed by atoms with Crippen LogP contribution in [0.25, 0.3) is 0 Å². The van der Waals surface area contributed by atoms with Crippen molar-refractivity contribution in [2.75, 3.05) is 11.5 Å². The summed E-state index contributed by atoms with van der Waals surface area (Å²) in [5, 5.41) is 0. The Morgan fingerprint density at radius 2 is 1.75 bits per heavy atom. The molecular weight excluding hydrogens is 237 g/mol. The number of rotatable bonds is 5. The summed E-state index contributed by atoms with van der Waals surface area (Å²) in [6, 6.07) is 0. The topological polar surface area (TPSA) is 17.1 Å². The van der Waals surface area contributed by atoms with E-state index in [0.717, 1.165) is 11.8 Å². The maximum Gasteiger partial charge on any atom is 0.397 e. The molecule has 0 aliphatic carbocycles. The van der Waals surface area contributed by atoms with Crippen molar-refractivity contribution >= 4 is 17.5 Å². The molecule has 0 aromatic carbocycles. The maximum atomic E-state index is 11.9. The smallest absolute Gasteiger partial charge is 0.299 e. The zero-order chi connectivity index (χ0) is 13.0.